The fourth-order valence-electron chi connectivity index (χ4n) is 2.60. The van der Waals surface area contributed by atoms with Crippen molar-refractivity contribution in [1.82, 2.24) is 4.90 Å². The highest BCUT2D eigenvalue weighted by Crippen LogP contribution is 2.22. The molecule has 2 rings (SSSR count). The molecule has 0 saturated carbocycles. The predicted octanol–water partition coefficient (Wildman–Crippen LogP) is 2.07. The summed E-state index contributed by atoms with van der Waals surface area (Å²) in [6.07, 6.45) is 1.96. The van der Waals surface area contributed by atoms with Gasteiger partial charge in [0, 0.05) is 26.3 Å². The van der Waals surface area contributed by atoms with Crippen LogP contribution in [-0.2, 0) is 16.1 Å². The fourth-order valence-corrected chi connectivity index (χ4v) is 2.60. The van der Waals surface area contributed by atoms with Crippen molar-refractivity contribution in [1.29, 1.82) is 0 Å². The molecule has 0 aliphatic carbocycles. The predicted molar refractivity (Wildman–Crippen MR) is 79.1 cm³/mol. The number of carbonyl (C=O) groups is 1. The van der Waals surface area contributed by atoms with E-state index in [-0.39, 0.29) is 11.7 Å². The molecule has 1 aromatic carbocycles. The molecule has 116 valence electrons. The van der Waals surface area contributed by atoms with Crippen molar-refractivity contribution in [2.24, 2.45) is 5.73 Å². The quantitative estimate of drug-likeness (QED) is 0.904. The van der Waals surface area contributed by atoms with Crippen LogP contribution < -0.4 is 5.73 Å². The van der Waals surface area contributed by atoms with E-state index >= 15 is 0 Å². The molecule has 4 nitrogen and oxygen atoms in total. The molecule has 1 aromatic rings. The molecule has 5 heteroatoms. The molecule has 1 fully saturated rings. The number of hydrogen-bond acceptors (Lipinski definition) is 3. The Kier molecular flexibility index (Phi) is 5.31. The maximum absolute atomic E-state index is 13.0. The first-order valence-corrected chi connectivity index (χ1v) is 7.45. The van der Waals surface area contributed by atoms with Crippen molar-refractivity contribution < 1.29 is 13.9 Å². The zero-order valence-corrected chi connectivity index (χ0v) is 12.5. The highest BCUT2D eigenvalue weighted by Gasteiger charge is 2.38. The zero-order chi connectivity index (χ0) is 15.3. The van der Waals surface area contributed by atoms with Crippen molar-refractivity contribution in [3.8, 4) is 0 Å². The molecular formula is C16H23FN2O2. The maximum Gasteiger partial charge on any atom is 0.243 e. The highest BCUT2D eigenvalue weighted by molar-refractivity contribution is 5.86. The fraction of sp³-hybridized carbons (Fsp3) is 0.562. The summed E-state index contributed by atoms with van der Waals surface area (Å²) in [4.78, 5) is 14.5. The van der Waals surface area contributed by atoms with E-state index in [0.717, 1.165) is 12.0 Å². The van der Waals surface area contributed by atoms with E-state index in [9.17, 15) is 9.18 Å². The van der Waals surface area contributed by atoms with Crippen LogP contribution in [0.3, 0.4) is 0 Å². The van der Waals surface area contributed by atoms with Gasteiger partial charge in [-0.25, -0.2) is 4.39 Å². The summed E-state index contributed by atoms with van der Waals surface area (Å²) in [5, 5.41) is 0. The summed E-state index contributed by atoms with van der Waals surface area (Å²) in [6.45, 7) is 4.19. The average molecular weight is 294 g/mol. The smallest absolute Gasteiger partial charge is 0.243 e. The Labute approximate surface area is 125 Å². The molecule has 2 N–H and O–H groups in total. The second-order valence-corrected chi connectivity index (χ2v) is 5.62. The number of carbonyl (C=O) groups excluding carboxylic acids is 1. The molecule has 1 heterocycles. The van der Waals surface area contributed by atoms with E-state index in [1.165, 1.54) is 12.1 Å². The maximum atomic E-state index is 13.0. The van der Waals surface area contributed by atoms with Crippen molar-refractivity contribution in [3.05, 3.63) is 35.6 Å². The zero-order valence-electron chi connectivity index (χ0n) is 12.5. The van der Waals surface area contributed by atoms with Crippen molar-refractivity contribution in [2.75, 3.05) is 19.8 Å². The second kappa shape index (κ2) is 7.00. The van der Waals surface area contributed by atoms with Gasteiger partial charge in [-0.15, -0.1) is 0 Å². The van der Waals surface area contributed by atoms with Gasteiger partial charge < -0.3 is 15.4 Å². The van der Waals surface area contributed by atoms with Crippen LogP contribution in [0.2, 0.25) is 0 Å². The van der Waals surface area contributed by atoms with Crippen molar-refractivity contribution in [2.45, 2.75) is 38.3 Å². The van der Waals surface area contributed by atoms with Gasteiger partial charge in [-0.1, -0.05) is 19.1 Å². The minimum Gasteiger partial charge on any atom is -0.381 e. The molecule has 21 heavy (non-hydrogen) atoms. The Balaban J connectivity index is 2.10. The topological polar surface area (TPSA) is 55.6 Å². The Hall–Kier alpha value is -1.46. The molecule has 1 saturated heterocycles. The Morgan fingerprint density at radius 2 is 1.95 bits per heavy atom. The molecule has 0 spiro atoms. The third-order valence-electron chi connectivity index (χ3n) is 3.88. The molecule has 0 aromatic heterocycles. The number of nitrogens with zero attached hydrogens (tertiary/aromatic N) is 1. The monoisotopic (exact) mass is 294 g/mol. The number of halogens is 1. The van der Waals surface area contributed by atoms with Crippen LogP contribution >= 0.6 is 0 Å². The second-order valence-electron chi connectivity index (χ2n) is 5.62. The molecule has 0 unspecified atom stereocenters. The van der Waals surface area contributed by atoms with Crippen LogP contribution in [0.15, 0.2) is 24.3 Å². The van der Waals surface area contributed by atoms with Gasteiger partial charge in [-0.3, -0.25) is 4.79 Å². The minimum absolute atomic E-state index is 0.0306. The largest absolute Gasteiger partial charge is 0.381 e. The molecular weight excluding hydrogens is 271 g/mol. The van der Waals surface area contributed by atoms with Crippen LogP contribution in [0.1, 0.15) is 31.7 Å². The summed E-state index contributed by atoms with van der Waals surface area (Å²) in [7, 11) is 0. The molecule has 0 bridgehead atoms. The summed E-state index contributed by atoms with van der Waals surface area (Å²) in [6, 6.07) is 6.24. The normalized spacial score (nSPS) is 17.5. The first-order chi connectivity index (χ1) is 10.0. The van der Waals surface area contributed by atoms with E-state index in [1.54, 1.807) is 17.0 Å². The van der Waals surface area contributed by atoms with E-state index < -0.39 is 5.54 Å². The highest BCUT2D eigenvalue weighted by atomic mass is 19.1. The van der Waals surface area contributed by atoms with Gasteiger partial charge >= 0.3 is 0 Å². The van der Waals surface area contributed by atoms with Gasteiger partial charge in [0.25, 0.3) is 0 Å². The van der Waals surface area contributed by atoms with Crippen LogP contribution in [0.4, 0.5) is 4.39 Å². The van der Waals surface area contributed by atoms with Crippen LogP contribution in [0.5, 0.6) is 0 Å². The molecule has 0 atom stereocenters. The SMILES string of the molecule is CCCN(Cc1ccc(F)cc1)C(=O)C1(N)CCOCC1. The standard InChI is InChI=1S/C16H23FN2O2/c1-2-9-19(12-13-3-5-14(17)6-4-13)15(20)16(18)7-10-21-11-8-16/h3-6H,2,7-12,18H2,1H3. The number of benzene rings is 1. The van der Waals surface area contributed by atoms with Gasteiger partial charge in [-0.2, -0.15) is 0 Å². The lowest BCUT2D eigenvalue weighted by atomic mass is 9.89. The van der Waals surface area contributed by atoms with E-state index in [2.05, 4.69) is 0 Å². The first-order valence-electron chi connectivity index (χ1n) is 7.45. The summed E-state index contributed by atoms with van der Waals surface area (Å²) < 4.78 is 18.3. The third kappa shape index (κ3) is 4.02. The van der Waals surface area contributed by atoms with Crippen molar-refractivity contribution in [3.63, 3.8) is 0 Å². The molecule has 1 amide bonds. The first kappa shape index (κ1) is 15.9. The number of rotatable bonds is 5. The lowest BCUT2D eigenvalue weighted by Gasteiger charge is -2.36. The number of nitrogens with two attached hydrogens (primary N) is 1. The Morgan fingerprint density at radius 1 is 1.33 bits per heavy atom. The lowest BCUT2D eigenvalue weighted by molar-refractivity contribution is -0.141. The molecule has 0 radical (unpaired) electrons. The van der Waals surface area contributed by atoms with Gasteiger partial charge in [0.1, 0.15) is 5.82 Å². The van der Waals surface area contributed by atoms with E-state index in [0.29, 0.717) is 39.1 Å². The lowest BCUT2D eigenvalue weighted by Crippen LogP contribution is -2.58. The van der Waals surface area contributed by atoms with Gasteiger partial charge in [0.15, 0.2) is 0 Å². The van der Waals surface area contributed by atoms with Gasteiger partial charge in [0.2, 0.25) is 5.91 Å². The molecule has 1 aliphatic rings. The summed E-state index contributed by atoms with van der Waals surface area (Å²) in [5.74, 6) is -0.302. The van der Waals surface area contributed by atoms with Gasteiger partial charge in [0.05, 0.1) is 5.54 Å². The third-order valence-corrected chi connectivity index (χ3v) is 3.88. The number of hydrogen-bond donors (Lipinski definition) is 1. The summed E-state index contributed by atoms with van der Waals surface area (Å²) in [5.41, 5.74) is 6.37. The van der Waals surface area contributed by atoms with E-state index in [1.807, 2.05) is 6.92 Å². The minimum atomic E-state index is -0.826. The average Bonchev–Trinajstić information content (AvgIpc) is 2.49. The molecule has 1 aliphatic heterocycles. The van der Waals surface area contributed by atoms with Gasteiger partial charge in [-0.05, 0) is 37.0 Å². The Bertz CT molecular complexity index is 470. The van der Waals surface area contributed by atoms with Crippen LogP contribution in [0.25, 0.3) is 0 Å². The number of ether oxygens (including phenoxy) is 1. The van der Waals surface area contributed by atoms with E-state index in [4.69, 9.17) is 10.5 Å². The number of amides is 1. The van der Waals surface area contributed by atoms with Crippen LogP contribution in [0, 0.1) is 5.82 Å². The summed E-state index contributed by atoms with van der Waals surface area (Å²) >= 11 is 0. The Morgan fingerprint density at radius 3 is 2.52 bits per heavy atom. The van der Waals surface area contributed by atoms with Crippen molar-refractivity contribution >= 4 is 5.91 Å². The van der Waals surface area contributed by atoms with Crippen LogP contribution in [-0.4, -0.2) is 36.1 Å².